The molecule has 2 amide bonds. The van der Waals surface area contributed by atoms with Gasteiger partial charge >= 0.3 is 0 Å². The van der Waals surface area contributed by atoms with E-state index in [4.69, 9.17) is 0 Å². The van der Waals surface area contributed by atoms with Crippen LogP contribution in [0.25, 0.3) is 0 Å². The van der Waals surface area contributed by atoms with Gasteiger partial charge in [-0.1, -0.05) is 37.3 Å². The van der Waals surface area contributed by atoms with Crippen LogP contribution >= 0.6 is 0 Å². The zero-order valence-corrected chi connectivity index (χ0v) is 18.0. The Bertz CT molecular complexity index is 971. The highest BCUT2D eigenvalue weighted by molar-refractivity contribution is 5.92. The van der Waals surface area contributed by atoms with Crippen molar-refractivity contribution in [3.63, 3.8) is 0 Å². The van der Waals surface area contributed by atoms with E-state index in [2.05, 4.69) is 33.8 Å². The van der Waals surface area contributed by atoms with E-state index in [1.54, 1.807) is 13.1 Å². The third-order valence-corrected chi connectivity index (χ3v) is 7.86. The smallest absolute Gasteiger partial charge is 0.290 e. The van der Waals surface area contributed by atoms with E-state index in [1.165, 1.54) is 5.56 Å². The van der Waals surface area contributed by atoms with Crippen LogP contribution in [-0.2, 0) is 18.3 Å². The van der Waals surface area contributed by atoms with Crippen molar-refractivity contribution >= 4 is 11.8 Å². The molecule has 3 heterocycles. The topological polar surface area (TPSA) is 58.4 Å². The third-order valence-electron chi connectivity index (χ3n) is 7.86. The van der Waals surface area contributed by atoms with E-state index in [9.17, 15) is 9.59 Å². The van der Waals surface area contributed by atoms with Crippen LogP contribution in [0.1, 0.15) is 55.7 Å². The minimum Gasteiger partial charge on any atom is -0.334 e. The quantitative estimate of drug-likeness (QED) is 0.787. The van der Waals surface area contributed by atoms with Crippen molar-refractivity contribution in [1.82, 2.24) is 19.4 Å². The predicted octanol–water partition coefficient (Wildman–Crippen LogP) is 3.04. The molecule has 2 aliphatic heterocycles. The number of piperidine rings is 1. The predicted molar refractivity (Wildman–Crippen MR) is 114 cm³/mol. The summed E-state index contributed by atoms with van der Waals surface area (Å²) in [5.41, 5.74) is 1.15. The Kier molecular flexibility index (Phi) is 4.49. The number of likely N-dealkylation sites (tertiary alicyclic amines) is 2. The average Bonchev–Trinajstić information content (AvgIpc) is 3.28. The van der Waals surface area contributed by atoms with Gasteiger partial charge < -0.3 is 14.4 Å². The number of hydrogen-bond donors (Lipinski definition) is 0. The van der Waals surface area contributed by atoms with Gasteiger partial charge in [0, 0.05) is 43.9 Å². The summed E-state index contributed by atoms with van der Waals surface area (Å²) in [6.45, 7) is 3.99. The fourth-order valence-corrected chi connectivity index (χ4v) is 6.61. The zero-order valence-electron chi connectivity index (χ0n) is 18.0. The van der Waals surface area contributed by atoms with Gasteiger partial charge in [0.1, 0.15) is 0 Å². The Morgan fingerprint density at radius 1 is 1.13 bits per heavy atom. The molecule has 5 atom stereocenters. The summed E-state index contributed by atoms with van der Waals surface area (Å²) in [6.07, 6.45) is 8.31. The molecule has 2 aromatic rings. The molecule has 0 unspecified atom stereocenters. The average molecular weight is 407 g/mol. The first kappa shape index (κ1) is 19.3. The lowest BCUT2D eigenvalue weighted by molar-refractivity contribution is -0.133. The second-order valence-corrected chi connectivity index (χ2v) is 9.50. The molecule has 1 aromatic carbocycles. The normalized spacial score (nSPS) is 32.4. The van der Waals surface area contributed by atoms with Crippen LogP contribution in [0, 0.1) is 5.41 Å². The largest absolute Gasteiger partial charge is 0.334 e. The summed E-state index contributed by atoms with van der Waals surface area (Å²) in [6, 6.07) is 10.7. The van der Waals surface area contributed by atoms with Gasteiger partial charge in [-0.2, -0.15) is 0 Å². The first-order valence-electron chi connectivity index (χ1n) is 11.0. The van der Waals surface area contributed by atoms with Gasteiger partial charge in [0.05, 0.1) is 12.1 Å². The van der Waals surface area contributed by atoms with Gasteiger partial charge in [-0.05, 0) is 37.7 Å². The van der Waals surface area contributed by atoms with Crippen molar-refractivity contribution in [2.45, 2.75) is 70.1 Å². The molecule has 2 saturated heterocycles. The van der Waals surface area contributed by atoms with Gasteiger partial charge in [0.15, 0.2) is 5.82 Å². The van der Waals surface area contributed by atoms with E-state index in [-0.39, 0.29) is 41.4 Å². The fourth-order valence-electron chi connectivity index (χ4n) is 6.61. The van der Waals surface area contributed by atoms with Gasteiger partial charge in [0.25, 0.3) is 5.91 Å². The molecule has 5 rings (SSSR count). The Morgan fingerprint density at radius 2 is 1.83 bits per heavy atom. The van der Waals surface area contributed by atoms with E-state index in [0.717, 1.165) is 32.1 Å². The fraction of sp³-hybridized carbons (Fsp3) is 0.542. The number of hydrogen-bond acceptors (Lipinski definition) is 3. The molecule has 6 heteroatoms. The van der Waals surface area contributed by atoms with Crippen LogP contribution in [0.3, 0.4) is 0 Å². The maximum absolute atomic E-state index is 13.9. The van der Waals surface area contributed by atoms with Crippen molar-refractivity contribution < 1.29 is 9.59 Å². The number of imidazole rings is 1. The monoisotopic (exact) mass is 406 g/mol. The summed E-state index contributed by atoms with van der Waals surface area (Å²) >= 11 is 0. The number of carbonyl (C=O) groups excluding carboxylic acids is 2. The lowest BCUT2D eigenvalue weighted by atomic mass is 9.64. The number of nitrogens with zero attached hydrogens (tertiary/aromatic N) is 4. The molecule has 0 radical (unpaired) electrons. The van der Waals surface area contributed by atoms with Crippen LogP contribution in [0.4, 0.5) is 0 Å². The van der Waals surface area contributed by atoms with Crippen molar-refractivity contribution in [2.24, 2.45) is 12.5 Å². The highest BCUT2D eigenvalue weighted by Gasteiger charge is 2.64. The number of carbonyl (C=O) groups is 2. The molecular formula is C24H30N4O2. The number of amides is 2. The van der Waals surface area contributed by atoms with E-state index in [0.29, 0.717) is 5.82 Å². The minimum absolute atomic E-state index is 0.00425. The number of aromatic nitrogens is 2. The van der Waals surface area contributed by atoms with Crippen LogP contribution in [0.15, 0.2) is 42.7 Å². The second-order valence-electron chi connectivity index (χ2n) is 9.50. The Morgan fingerprint density at radius 3 is 2.47 bits per heavy atom. The minimum atomic E-state index is -0.0530. The molecule has 3 fully saturated rings. The summed E-state index contributed by atoms with van der Waals surface area (Å²) in [5.74, 6) is 0.614. The van der Waals surface area contributed by atoms with Gasteiger partial charge in [-0.25, -0.2) is 4.98 Å². The number of aryl methyl sites for hydroxylation is 1. The van der Waals surface area contributed by atoms with Gasteiger partial charge in [0.2, 0.25) is 5.91 Å². The third kappa shape index (κ3) is 2.72. The zero-order chi connectivity index (χ0) is 21.0. The molecule has 1 aliphatic carbocycles. The molecule has 0 N–H and O–H groups in total. The van der Waals surface area contributed by atoms with E-state index >= 15 is 0 Å². The first-order chi connectivity index (χ1) is 14.4. The van der Waals surface area contributed by atoms with E-state index < -0.39 is 0 Å². The van der Waals surface area contributed by atoms with Gasteiger partial charge in [-0.15, -0.1) is 0 Å². The molecule has 30 heavy (non-hydrogen) atoms. The summed E-state index contributed by atoms with van der Waals surface area (Å²) < 4.78 is 1.81. The molecule has 2 bridgehead atoms. The highest BCUT2D eigenvalue weighted by atomic mass is 16.2. The van der Waals surface area contributed by atoms with Crippen molar-refractivity contribution in [3.05, 3.63) is 54.1 Å². The standard InChI is InChI=1S/C24H30N4O2/c1-16(29)27-19-15-24(2)20(27)10-7-11-21(24)28(23(30)22-25-12-13-26(22)3)18(19)14-17-8-5-4-6-9-17/h4-6,8-9,12-13,18-21H,7,10-11,14-15H2,1-3H3/t18-,19-,20-,21+,24-/m0/s1. The molecule has 1 saturated carbocycles. The summed E-state index contributed by atoms with van der Waals surface area (Å²) in [4.78, 5) is 35.3. The van der Waals surface area contributed by atoms with Crippen LogP contribution < -0.4 is 0 Å². The Labute approximate surface area is 177 Å². The Balaban J connectivity index is 1.63. The number of benzene rings is 1. The molecule has 3 aliphatic rings. The summed E-state index contributed by atoms with van der Waals surface area (Å²) in [7, 11) is 1.87. The molecule has 1 aromatic heterocycles. The second kappa shape index (κ2) is 6.96. The highest BCUT2D eigenvalue weighted by Crippen LogP contribution is 2.56. The maximum Gasteiger partial charge on any atom is 0.290 e. The molecule has 6 nitrogen and oxygen atoms in total. The number of rotatable bonds is 3. The van der Waals surface area contributed by atoms with Gasteiger partial charge in [-0.3, -0.25) is 9.59 Å². The van der Waals surface area contributed by atoms with Crippen LogP contribution in [0.5, 0.6) is 0 Å². The lowest BCUT2D eigenvalue weighted by Crippen LogP contribution is -2.63. The van der Waals surface area contributed by atoms with Crippen molar-refractivity contribution in [2.75, 3.05) is 0 Å². The number of fused-ring (bicyclic) bond motifs is 1. The SMILES string of the molecule is CC(=O)N1[C@H]2CCC[C@H]3N(C(=O)c4nccn4C)[C@@H](Cc4ccccc4)[C@@H]1C[C@@]23C. The first-order valence-corrected chi connectivity index (χ1v) is 11.0. The van der Waals surface area contributed by atoms with Crippen LogP contribution in [-0.4, -0.2) is 55.3 Å². The van der Waals surface area contributed by atoms with Crippen LogP contribution in [0.2, 0.25) is 0 Å². The molecular weight excluding hydrogens is 376 g/mol. The van der Waals surface area contributed by atoms with E-state index in [1.807, 2.05) is 36.0 Å². The lowest BCUT2D eigenvalue weighted by Gasteiger charge is -2.52. The summed E-state index contributed by atoms with van der Waals surface area (Å²) in [5, 5.41) is 0. The Hall–Kier alpha value is -2.63. The maximum atomic E-state index is 13.9. The molecule has 158 valence electrons. The van der Waals surface area contributed by atoms with Crippen molar-refractivity contribution in [1.29, 1.82) is 0 Å². The molecule has 0 spiro atoms. The van der Waals surface area contributed by atoms with Crippen molar-refractivity contribution in [3.8, 4) is 0 Å².